The molecule has 3 aromatic heterocycles. The van der Waals surface area contributed by atoms with Gasteiger partial charge in [0.05, 0.1) is 28.6 Å². The second-order valence-electron chi connectivity index (χ2n) is 10.7. The molecule has 1 unspecified atom stereocenters. The SMILES string of the molecule is CC1CN(c2ccc(Nc3ncc4cc(C#N)c(=O)n(Cc5ncccc5S(=O)(=O)CCN(C)C)c4n3)cc2F)CCN1. The Morgan fingerprint density at radius 1 is 1.23 bits per heavy atom. The lowest BCUT2D eigenvalue weighted by Gasteiger charge is -2.33. The third kappa shape index (κ3) is 6.64. The van der Waals surface area contributed by atoms with E-state index in [2.05, 4.69) is 32.5 Å². The van der Waals surface area contributed by atoms with Crippen LogP contribution in [-0.2, 0) is 16.4 Å². The summed E-state index contributed by atoms with van der Waals surface area (Å²) >= 11 is 0. The number of pyridine rings is 2. The van der Waals surface area contributed by atoms with E-state index in [9.17, 15) is 18.5 Å². The molecular weight excluding hydrogens is 573 g/mol. The zero-order valence-electron chi connectivity index (χ0n) is 24.1. The third-order valence-corrected chi connectivity index (χ3v) is 8.92. The molecule has 0 saturated carbocycles. The molecule has 224 valence electrons. The molecule has 1 aliphatic rings. The number of benzene rings is 1. The standard InChI is InChI=1S/C29H32FN9O3S/c1-19-17-38(10-9-32-19)25-7-6-22(14-23(25)30)35-29-34-16-21-13-20(15-31)28(40)39(27(21)36-29)18-24-26(5-4-8-33-24)43(41,42)12-11-37(2)3/h4-8,13-14,16,19,32H,9-12,17-18H2,1-3H3,(H,34,35,36). The summed E-state index contributed by atoms with van der Waals surface area (Å²) < 4.78 is 42.7. The smallest absolute Gasteiger partial charge is 0.270 e. The van der Waals surface area contributed by atoms with Gasteiger partial charge >= 0.3 is 0 Å². The van der Waals surface area contributed by atoms with Gasteiger partial charge in [-0.25, -0.2) is 17.8 Å². The highest BCUT2D eigenvalue weighted by Crippen LogP contribution is 2.26. The number of aromatic nitrogens is 4. The summed E-state index contributed by atoms with van der Waals surface area (Å²) in [4.78, 5) is 30.2. The molecule has 4 aromatic rings. The molecule has 0 aliphatic carbocycles. The number of fused-ring (bicyclic) bond motifs is 1. The molecule has 1 saturated heterocycles. The van der Waals surface area contributed by atoms with Crippen LogP contribution in [0, 0.1) is 17.1 Å². The minimum Gasteiger partial charge on any atom is -0.366 e. The van der Waals surface area contributed by atoms with Crippen LogP contribution in [0.5, 0.6) is 0 Å². The Bertz CT molecular complexity index is 1870. The van der Waals surface area contributed by atoms with E-state index in [1.807, 2.05) is 11.0 Å². The van der Waals surface area contributed by atoms with Crippen LogP contribution in [0.2, 0.25) is 0 Å². The van der Waals surface area contributed by atoms with Crippen molar-refractivity contribution in [2.24, 2.45) is 0 Å². The highest BCUT2D eigenvalue weighted by Gasteiger charge is 2.22. The minimum absolute atomic E-state index is 0.00103. The summed E-state index contributed by atoms with van der Waals surface area (Å²) in [6.07, 6.45) is 2.89. The van der Waals surface area contributed by atoms with Gasteiger partial charge in [-0.3, -0.25) is 14.3 Å². The number of piperazine rings is 1. The number of hydrogen-bond donors (Lipinski definition) is 2. The van der Waals surface area contributed by atoms with Gasteiger partial charge in [0.15, 0.2) is 9.84 Å². The molecular formula is C29H32FN9O3S. The summed E-state index contributed by atoms with van der Waals surface area (Å²) in [7, 11) is -0.173. The van der Waals surface area contributed by atoms with E-state index in [0.29, 0.717) is 36.4 Å². The van der Waals surface area contributed by atoms with E-state index in [-0.39, 0.29) is 46.1 Å². The zero-order valence-corrected chi connectivity index (χ0v) is 24.9. The fourth-order valence-corrected chi connectivity index (χ4v) is 6.54. The summed E-state index contributed by atoms with van der Waals surface area (Å²) in [6, 6.07) is 11.3. The summed E-state index contributed by atoms with van der Waals surface area (Å²) in [5.74, 6) is -0.437. The van der Waals surface area contributed by atoms with Gasteiger partial charge in [0, 0.05) is 55.7 Å². The van der Waals surface area contributed by atoms with E-state index in [1.54, 1.807) is 31.1 Å². The number of halogens is 1. The molecule has 0 amide bonds. The molecule has 14 heteroatoms. The Balaban J connectivity index is 1.50. The van der Waals surface area contributed by atoms with Crippen LogP contribution >= 0.6 is 0 Å². The number of sulfone groups is 1. The first kappa shape index (κ1) is 30.0. The van der Waals surface area contributed by atoms with Crippen molar-refractivity contribution >= 4 is 38.2 Å². The van der Waals surface area contributed by atoms with Crippen LogP contribution in [0.15, 0.2) is 58.5 Å². The number of nitrogens with one attached hydrogen (secondary N) is 2. The Labute approximate surface area is 248 Å². The molecule has 1 fully saturated rings. The van der Waals surface area contributed by atoms with Gasteiger partial charge in [0.25, 0.3) is 5.56 Å². The van der Waals surface area contributed by atoms with Crippen LogP contribution in [0.4, 0.5) is 21.7 Å². The number of rotatable bonds is 9. The van der Waals surface area contributed by atoms with E-state index in [0.717, 1.165) is 6.54 Å². The normalized spacial score (nSPS) is 15.5. The highest BCUT2D eigenvalue weighted by atomic mass is 32.2. The molecule has 12 nitrogen and oxygen atoms in total. The van der Waals surface area contributed by atoms with E-state index in [4.69, 9.17) is 0 Å². The lowest BCUT2D eigenvalue weighted by atomic mass is 10.2. The Kier molecular flexibility index (Phi) is 8.67. The van der Waals surface area contributed by atoms with Gasteiger partial charge in [0.1, 0.15) is 23.1 Å². The van der Waals surface area contributed by atoms with Crippen molar-refractivity contribution in [2.45, 2.75) is 24.4 Å². The van der Waals surface area contributed by atoms with Crippen molar-refractivity contribution in [3.63, 3.8) is 0 Å². The number of hydrogen-bond acceptors (Lipinski definition) is 11. The van der Waals surface area contributed by atoms with E-state index < -0.39 is 21.2 Å². The Morgan fingerprint density at radius 2 is 2.05 bits per heavy atom. The molecule has 2 N–H and O–H groups in total. The molecule has 0 bridgehead atoms. The predicted molar refractivity (Wildman–Crippen MR) is 162 cm³/mol. The van der Waals surface area contributed by atoms with Crippen LogP contribution in [0.25, 0.3) is 11.0 Å². The quantitative estimate of drug-likeness (QED) is 0.289. The number of nitriles is 1. The predicted octanol–water partition coefficient (Wildman–Crippen LogP) is 2.12. The molecule has 5 rings (SSSR count). The first-order chi connectivity index (χ1) is 20.6. The highest BCUT2D eigenvalue weighted by molar-refractivity contribution is 7.91. The fourth-order valence-electron chi connectivity index (χ4n) is 4.95. The minimum atomic E-state index is -3.73. The second-order valence-corrected chi connectivity index (χ2v) is 12.8. The average molecular weight is 606 g/mol. The fraction of sp³-hybridized carbons (Fsp3) is 0.345. The maximum absolute atomic E-state index is 15.1. The Hall–Kier alpha value is -4.45. The molecule has 1 aromatic carbocycles. The molecule has 43 heavy (non-hydrogen) atoms. The zero-order chi connectivity index (χ0) is 30.7. The molecule has 0 radical (unpaired) electrons. The van der Waals surface area contributed by atoms with E-state index in [1.165, 1.54) is 41.2 Å². The second kappa shape index (κ2) is 12.4. The number of nitrogens with zero attached hydrogens (tertiary/aromatic N) is 7. The first-order valence-corrected chi connectivity index (χ1v) is 15.4. The molecule has 1 aliphatic heterocycles. The largest absolute Gasteiger partial charge is 0.366 e. The van der Waals surface area contributed by atoms with Crippen molar-refractivity contribution in [3.05, 3.63) is 76.2 Å². The van der Waals surface area contributed by atoms with Gasteiger partial charge in [-0.1, -0.05) is 0 Å². The van der Waals surface area contributed by atoms with Gasteiger partial charge < -0.3 is 20.4 Å². The van der Waals surface area contributed by atoms with Crippen molar-refractivity contribution in [3.8, 4) is 6.07 Å². The maximum Gasteiger partial charge on any atom is 0.270 e. The summed E-state index contributed by atoms with van der Waals surface area (Å²) in [6.45, 7) is 4.26. The topological polar surface area (TPSA) is 149 Å². The van der Waals surface area contributed by atoms with Crippen molar-refractivity contribution < 1.29 is 12.8 Å². The molecule has 0 spiro atoms. The third-order valence-electron chi connectivity index (χ3n) is 7.16. The van der Waals surface area contributed by atoms with Gasteiger partial charge in [-0.2, -0.15) is 10.2 Å². The Morgan fingerprint density at radius 3 is 2.77 bits per heavy atom. The van der Waals surface area contributed by atoms with Crippen molar-refractivity contribution in [1.29, 1.82) is 5.26 Å². The lowest BCUT2D eigenvalue weighted by Crippen LogP contribution is -2.49. The lowest BCUT2D eigenvalue weighted by molar-refractivity contribution is 0.432. The van der Waals surface area contributed by atoms with Crippen LogP contribution < -0.4 is 21.1 Å². The molecule has 4 heterocycles. The van der Waals surface area contributed by atoms with Crippen LogP contribution in [0.3, 0.4) is 0 Å². The molecule has 1 atom stereocenters. The first-order valence-electron chi connectivity index (χ1n) is 13.7. The van der Waals surface area contributed by atoms with Crippen molar-refractivity contribution in [2.75, 3.05) is 56.2 Å². The van der Waals surface area contributed by atoms with Crippen LogP contribution in [0.1, 0.15) is 18.2 Å². The monoisotopic (exact) mass is 605 g/mol. The van der Waals surface area contributed by atoms with Gasteiger partial charge in [-0.05, 0) is 57.4 Å². The van der Waals surface area contributed by atoms with E-state index >= 15 is 4.39 Å². The van der Waals surface area contributed by atoms with Crippen LogP contribution in [-0.4, -0.2) is 84.9 Å². The van der Waals surface area contributed by atoms with Gasteiger partial charge in [0.2, 0.25) is 5.95 Å². The van der Waals surface area contributed by atoms with Gasteiger partial charge in [-0.15, -0.1) is 0 Å². The average Bonchev–Trinajstić information content (AvgIpc) is 2.98. The summed E-state index contributed by atoms with van der Waals surface area (Å²) in [5, 5.41) is 16.3. The maximum atomic E-state index is 15.1. The van der Waals surface area contributed by atoms with Crippen molar-refractivity contribution in [1.82, 2.24) is 29.7 Å². The summed E-state index contributed by atoms with van der Waals surface area (Å²) in [5.41, 5.74) is 0.420. The number of anilines is 3.